The van der Waals surface area contributed by atoms with Crippen LogP contribution < -0.4 is 4.74 Å². The van der Waals surface area contributed by atoms with E-state index in [-0.39, 0.29) is 24.0 Å². The Morgan fingerprint density at radius 2 is 1.79 bits per heavy atom. The second kappa shape index (κ2) is 4.48. The minimum Gasteiger partial charge on any atom is -0.508 e. The van der Waals surface area contributed by atoms with E-state index in [2.05, 4.69) is 0 Å². The van der Waals surface area contributed by atoms with Gasteiger partial charge in [0.2, 0.25) is 0 Å². The molecule has 2 atom stereocenters. The molecule has 0 amide bonds. The van der Waals surface area contributed by atoms with E-state index in [4.69, 9.17) is 4.74 Å². The highest BCUT2D eigenvalue weighted by Crippen LogP contribution is 2.43. The van der Waals surface area contributed by atoms with Crippen molar-refractivity contribution in [3.63, 3.8) is 0 Å². The van der Waals surface area contributed by atoms with Crippen LogP contribution in [0.1, 0.15) is 23.1 Å². The van der Waals surface area contributed by atoms with Gasteiger partial charge in [-0.25, -0.2) is 0 Å². The first-order chi connectivity index (χ1) is 9.16. The summed E-state index contributed by atoms with van der Waals surface area (Å²) in [5.74, 6) is 0.418. The highest BCUT2D eigenvalue weighted by atomic mass is 16.5. The lowest BCUT2D eigenvalue weighted by molar-refractivity contribution is 0.0875. The Balaban J connectivity index is 2.00. The summed E-state index contributed by atoms with van der Waals surface area (Å²) in [7, 11) is 0. The number of aromatic hydroxyl groups is 2. The first-order valence-corrected chi connectivity index (χ1v) is 6.08. The van der Waals surface area contributed by atoms with Crippen LogP contribution in [-0.4, -0.2) is 21.9 Å². The summed E-state index contributed by atoms with van der Waals surface area (Å²) >= 11 is 0. The Morgan fingerprint density at radius 3 is 2.58 bits per heavy atom. The number of ether oxygens (including phenoxy) is 1. The van der Waals surface area contributed by atoms with Crippen LogP contribution in [-0.2, 0) is 0 Å². The molecule has 0 spiro atoms. The lowest BCUT2D eigenvalue weighted by Crippen LogP contribution is -2.24. The fourth-order valence-electron chi connectivity index (χ4n) is 2.44. The molecular formula is C15H14O4. The second-order valence-corrected chi connectivity index (χ2v) is 4.64. The van der Waals surface area contributed by atoms with Gasteiger partial charge in [-0.3, -0.25) is 0 Å². The third kappa shape index (κ3) is 2.00. The Hall–Kier alpha value is -2.20. The van der Waals surface area contributed by atoms with Crippen molar-refractivity contribution in [3.8, 4) is 17.2 Å². The first kappa shape index (κ1) is 11.9. The average Bonchev–Trinajstić information content (AvgIpc) is 2.40. The zero-order valence-electron chi connectivity index (χ0n) is 10.2. The van der Waals surface area contributed by atoms with Crippen molar-refractivity contribution >= 4 is 0 Å². The highest BCUT2D eigenvalue weighted by molar-refractivity contribution is 5.46. The van der Waals surface area contributed by atoms with E-state index in [0.717, 1.165) is 0 Å². The van der Waals surface area contributed by atoms with Gasteiger partial charge in [0.15, 0.2) is 0 Å². The predicted molar refractivity (Wildman–Crippen MR) is 69.4 cm³/mol. The van der Waals surface area contributed by atoms with Crippen LogP contribution in [0.5, 0.6) is 17.2 Å². The number of para-hydroxylation sites is 1. The van der Waals surface area contributed by atoms with E-state index in [1.165, 1.54) is 12.1 Å². The maximum Gasteiger partial charge on any atom is 0.128 e. The van der Waals surface area contributed by atoms with Gasteiger partial charge in [0.25, 0.3) is 0 Å². The summed E-state index contributed by atoms with van der Waals surface area (Å²) < 4.78 is 5.57. The van der Waals surface area contributed by atoms with Crippen molar-refractivity contribution in [1.82, 2.24) is 0 Å². The fraction of sp³-hybridized carbons (Fsp3) is 0.200. The molecule has 1 aliphatic heterocycles. The van der Waals surface area contributed by atoms with Crippen LogP contribution in [0.15, 0.2) is 42.5 Å². The van der Waals surface area contributed by atoms with Gasteiger partial charge in [-0.1, -0.05) is 18.2 Å². The monoisotopic (exact) mass is 258 g/mol. The van der Waals surface area contributed by atoms with Crippen molar-refractivity contribution in [2.24, 2.45) is 0 Å². The molecule has 3 N–H and O–H groups in total. The van der Waals surface area contributed by atoms with E-state index in [9.17, 15) is 15.3 Å². The van der Waals surface area contributed by atoms with Gasteiger partial charge in [0.1, 0.15) is 17.2 Å². The zero-order valence-corrected chi connectivity index (χ0v) is 10.2. The van der Waals surface area contributed by atoms with Crippen molar-refractivity contribution in [1.29, 1.82) is 0 Å². The van der Waals surface area contributed by atoms with Gasteiger partial charge < -0.3 is 20.1 Å². The van der Waals surface area contributed by atoms with Crippen LogP contribution in [0, 0.1) is 0 Å². The Labute approximate surface area is 110 Å². The Bertz CT molecular complexity index is 609. The third-order valence-electron chi connectivity index (χ3n) is 3.45. The quantitative estimate of drug-likeness (QED) is 0.734. The van der Waals surface area contributed by atoms with Crippen LogP contribution in [0.4, 0.5) is 0 Å². The smallest absolute Gasteiger partial charge is 0.128 e. The number of hydrogen-bond acceptors (Lipinski definition) is 4. The summed E-state index contributed by atoms with van der Waals surface area (Å²) in [6.45, 7) is 0.259. The molecular weight excluding hydrogens is 244 g/mol. The summed E-state index contributed by atoms with van der Waals surface area (Å²) in [6, 6.07) is 11.6. The molecule has 1 heterocycles. The van der Waals surface area contributed by atoms with E-state index < -0.39 is 6.10 Å². The van der Waals surface area contributed by atoms with Crippen LogP contribution in [0.3, 0.4) is 0 Å². The van der Waals surface area contributed by atoms with Gasteiger partial charge in [-0.05, 0) is 18.2 Å². The van der Waals surface area contributed by atoms with Gasteiger partial charge in [-0.2, -0.15) is 0 Å². The number of benzene rings is 2. The minimum absolute atomic E-state index is 0.104. The molecule has 0 bridgehead atoms. The molecule has 4 heteroatoms. The number of hydrogen-bond donors (Lipinski definition) is 3. The number of phenolic OH excluding ortho intramolecular Hbond substituents is 2. The molecule has 2 unspecified atom stereocenters. The van der Waals surface area contributed by atoms with Gasteiger partial charge in [0.05, 0.1) is 18.6 Å². The molecule has 0 fully saturated rings. The van der Waals surface area contributed by atoms with E-state index in [0.29, 0.717) is 16.9 Å². The molecule has 0 saturated carbocycles. The van der Waals surface area contributed by atoms with Crippen molar-refractivity contribution < 1.29 is 20.1 Å². The van der Waals surface area contributed by atoms with Gasteiger partial charge >= 0.3 is 0 Å². The molecule has 0 aromatic heterocycles. The molecule has 0 radical (unpaired) electrons. The standard InChI is InChI=1S/C15H14O4/c16-9-5-6-11-14(7-9)19-8-12(15(11)18)10-3-1-2-4-13(10)17/h1-7,12,15-18H,8H2. The van der Waals surface area contributed by atoms with Crippen molar-refractivity contribution in [3.05, 3.63) is 53.6 Å². The molecule has 2 aromatic rings. The molecule has 0 aliphatic carbocycles. The lowest BCUT2D eigenvalue weighted by Gasteiger charge is -2.31. The van der Waals surface area contributed by atoms with Crippen molar-refractivity contribution in [2.75, 3.05) is 6.61 Å². The molecule has 98 valence electrons. The Morgan fingerprint density at radius 1 is 1.00 bits per heavy atom. The van der Waals surface area contributed by atoms with E-state index in [1.54, 1.807) is 24.3 Å². The molecule has 0 saturated heterocycles. The summed E-state index contributed by atoms with van der Waals surface area (Å²) in [6.07, 6.45) is -0.766. The second-order valence-electron chi connectivity index (χ2n) is 4.64. The maximum absolute atomic E-state index is 10.4. The van der Waals surface area contributed by atoms with Crippen LogP contribution in [0.2, 0.25) is 0 Å². The van der Waals surface area contributed by atoms with E-state index >= 15 is 0 Å². The first-order valence-electron chi connectivity index (χ1n) is 6.08. The van der Waals surface area contributed by atoms with Gasteiger partial charge in [-0.15, -0.1) is 0 Å². The normalized spacial score (nSPS) is 21.5. The molecule has 2 aromatic carbocycles. The average molecular weight is 258 g/mol. The number of phenols is 2. The summed E-state index contributed by atoms with van der Waals surface area (Å²) in [5.41, 5.74) is 1.28. The van der Waals surface area contributed by atoms with Crippen LogP contribution >= 0.6 is 0 Å². The number of aliphatic hydroxyl groups is 1. The maximum atomic E-state index is 10.4. The lowest BCUT2D eigenvalue weighted by atomic mass is 9.87. The minimum atomic E-state index is -0.766. The topological polar surface area (TPSA) is 69.9 Å². The number of rotatable bonds is 1. The Kier molecular flexibility index (Phi) is 2.80. The summed E-state index contributed by atoms with van der Waals surface area (Å²) in [4.78, 5) is 0. The highest BCUT2D eigenvalue weighted by Gasteiger charge is 2.32. The van der Waals surface area contributed by atoms with Crippen molar-refractivity contribution in [2.45, 2.75) is 12.0 Å². The molecule has 1 aliphatic rings. The third-order valence-corrected chi connectivity index (χ3v) is 3.45. The molecule has 3 rings (SSSR count). The number of fused-ring (bicyclic) bond motifs is 1. The number of aliphatic hydroxyl groups excluding tert-OH is 1. The fourth-order valence-corrected chi connectivity index (χ4v) is 2.44. The largest absolute Gasteiger partial charge is 0.508 e. The molecule has 4 nitrogen and oxygen atoms in total. The zero-order chi connectivity index (χ0) is 13.4. The SMILES string of the molecule is Oc1ccc2c(c1)OCC(c1ccccc1O)C2O. The predicted octanol–water partition coefficient (Wildman–Crippen LogP) is 2.31. The van der Waals surface area contributed by atoms with Gasteiger partial charge in [0, 0.05) is 17.2 Å². The molecule has 19 heavy (non-hydrogen) atoms. The summed E-state index contributed by atoms with van der Waals surface area (Å²) in [5, 5.41) is 29.7. The van der Waals surface area contributed by atoms with E-state index in [1.807, 2.05) is 6.07 Å². The van der Waals surface area contributed by atoms with Crippen LogP contribution in [0.25, 0.3) is 0 Å².